The third kappa shape index (κ3) is 5.09. The summed E-state index contributed by atoms with van der Waals surface area (Å²) < 4.78 is 10.7. The second-order valence-electron chi connectivity index (χ2n) is 6.29. The largest absolute Gasteiger partial charge is 0.497 e. The number of likely N-dealkylation sites (tertiary alicyclic amines) is 1. The van der Waals surface area contributed by atoms with E-state index in [1.54, 1.807) is 14.2 Å². The van der Waals surface area contributed by atoms with Crippen LogP contribution in [0.2, 0.25) is 0 Å². The van der Waals surface area contributed by atoms with Crippen LogP contribution in [0.4, 0.5) is 5.69 Å². The molecule has 26 heavy (non-hydrogen) atoms. The highest BCUT2D eigenvalue weighted by Gasteiger charge is 2.20. The highest BCUT2D eigenvalue weighted by atomic mass is 32.1. The first kappa shape index (κ1) is 18.9. The van der Waals surface area contributed by atoms with E-state index in [1.807, 2.05) is 29.5 Å². The Kier molecular flexibility index (Phi) is 6.71. The Bertz CT molecular complexity index is 714. The van der Waals surface area contributed by atoms with Crippen LogP contribution in [-0.2, 0) is 6.54 Å². The molecule has 0 aliphatic carbocycles. The molecule has 2 aromatic rings. The minimum Gasteiger partial charge on any atom is -0.497 e. The zero-order chi connectivity index (χ0) is 18.4. The highest BCUT2D eigenvalue weighted by molar-refractivity contribution is 7.80. The lowest BCUT2D eigenvalue weighted by atomic mass is 10.1. The van der Waals surface area contributed by atoms with Gasteiger partial charge in [-0.3, -0.25) is 4.90 Å². The molecule has 1 aromatic heterocycles. The van der Waals surface area contributed by atoms with Gasteiger partial charge in [0.2, 0.25) is 0 Å². The van der Waals surface area contributed by atoms with E-state index >= 15 is 0 Å². The lowest BCUT2D eigenvalue weighted by molar-refractivity contribution is 0.201. The number of hydrogen-bond donors (Lipinski definition) is 2. The predicted molar refractivity (Wildman–Crippen MR) is 112 cm³/mol. The summed E-state index contributed by atoms with van der Waals surface area (Å²) in [6, 6.07) is 10.3. The van der Waals surface area contributed by atoms with Gasteiger partial charge in [0, 0.05) is 36.6 Å². The van der Waals surface area contributed by atoms with Gasteiger partial charge in [-0.2, -0.15) is 0 Å². The number of benzene rings is 1. The molecule has 1 fully saturated rings. The van der Waals surface area contributed by atoms with Crippen molar-refractivity contribution >= 4 is 34.4 Å². The topological polar surface area (TPSA) is 45.8 Å². The summed E-state index contributed by atoms with van der Waals surface area (Å²) >= 11 is 7.32. The molecule has 3 rings (SSSR count). The lowest BCUT2D eigenvalue weighted by Gasteiger charge is -2.32. The average molecular weight is 392 g/mol. The molecule has 140 valence electrons. The van der Waals surface area contributed by atoms with Gasteiger partial charge >= 0.3 is 0 Å². The molecule has 1 saturated heterocycles. The summed E-state index contributed by atoms with van der Waals surface area (Å²) in [6.07, 6.45) is 2.17. The number of thiophene rings is 1. The molecule has 0 spiro atoms. The van der Waals surface area contributed by atoms with Crippen LogP contribution in [0.5, 0.6) is 11.5 Å². The van der Waals surface area contributed by atoms with Crippen LogP contribution < -0.4 is 20.1 Å². The molecule has 0 radical (unpaired) electrons. The number of thiocarbonyl (C=S) groups is 1. The molecule has 1 aliphatic heterocycles. The molecule has 2 heterocycles. The van der Waals surface area contributed by atoms with Gasteiger partial charge in [0.15, 0.2) is 5.11 Å². The zero-order valence-electron chi connectivity index (χ0n) is 15.2. The minimum atomic E-state index is 0.395. The maximum Gasteiger partial charge on any atom is 0.171 e. The first-order valence-corrected chi connectivity index (χ1v) is 10.0. The first-order chi connectivity index (χ1) is 12.7. The van der Waals surface area contributed by atoms with Crippen molar-refractivity contribution in [2.45, 2.75) is 25.4 Å². The standard InChI is InChI=1S/C19H25N3O2S2/c1-23-15-5-6-18(24-2)17(12-15)21-19(25)20-14-7-9-22(10-8-14)13-16-4-3-11-26-16/h3-6,11-12,14H,7-10,13H2,1-2H3,(H2,20,21,25). The van der Waals surface area contributed by atoms with E-state index in [0.29, 0.717) is 11.2 Å². The summed E-state index contributed by atoms with van der Waals surface area (Å²) in [7, 11) is 3.29. The minimum absolute atomic E-state index is 0.395. The number of methoxy groups -OCH3 is 2. The van der Waals surface area contributed by atoms with Crippen molar-refractivity contribution in [2.75, 3.05) is 32.6 Å². The van der Waals surface area contributed by atoms with E-state index in [9.17, 15) is 0 Å². The van der Waals surface area contributed by atoms with Gasteiger partial charge in [0.1, 0.15) is 11.5 Å². The quantitative estimate of drug-likeness (QED) is 0.732. The van der Waals surface area contributed by atoms with Crippen molar-refractivity contribution in [3.8, 4) is 11.5 Å². The average Bonchev–Trinajstić information content (AvgIpc) is 3.16. The maximum absolute atomic E-state index is 5.50. The van der Waals surface area contributed by atoms with Gasteiger partial charge in [0.25, 0.3) is 0 Å². The Hall–Kier alpha value is -1.83. The van der Waals surface area contributed by atoms with Crippen LogP contribution in [0.3, 0.4) is 0 Å². The Labute approximate surface area is 164 Å². The summed E-state index contributed by atoms with van der Waals surface area (Å²) in [6.45, 7) is 3.22. The molecule has 0 amide bonds. The van der Waals surface area contributed by atoms with Crippen LogP contribution in [0, 0.1) is 0 Å². The molecule has 0 bridgehead atoms. The second-order valence-corrected chi connectivity index (χ2v) is 7.73. The van der Waals surface area contributed by atoms with E-state index < -0.39 is 0 Å². The van der Waals surface area contributed by atoms with E-state index in [4.69, 9.17) is 21.7 Å². The molecule has 0 atom stereocenters. The second kappa shape index (κ2) is 9.21. The molecule has 2 N–H and O–H groups in total. The molecular formula is C19H25N3O2S2. The van der Waals surface area contributed by atoms with E-state index in [-0.39, 0.29) is 0 Å². The number of nitrogens with one attached hydrogen (secondary N) is 2. The Balaban J connectivity index is 1.48. The highest BCUT2D eigenvalue weighted by Crippen LogP contribution is 2.29. The van der Waals surface area contributed by atoms with Crippen molar-refractivity contribution in [3.63, 3.8) is 0 Å². The number of ether oxygens (including phenoxy) is 2. The molecule has 0 unspecified atom stereocenters. The van der Waals surface area contributed by atoms with Crippen LogP contribution >= 0.6 is 23.6 Å². The maximum atomic E-state index is 5.50. The van der Waals surface area contributed by atoms with Crippen molar-refractivity contribution in [2.24, 2.45) is 0 Å². The van der Waals surface area contributed by atoms with Gasteiger partial charge in [-0.1, -0.05) is 6.07 Å². The van der Waals surface area contributed by atoms with Gasteiger partial charge in [-0.05, 0) is 48.6 Å². The van der Waals surface area contributed by atoms with Crippen LogP contribution in [0.25, 0.3) is 0 Å². The van der Waals surface area contributed by atoms with Crippen molar-refractivity contribution < 1.29 is 9.47 Å². The number of hydrogen-bond acceptors (Lipinski definition) is 5. The zero-order valence-corrected chi connectivity index (χ0v) is 16.8. The van der Waals surface area contributed by atoms with E-state index in [1.165, 1.54) is 4.88 Å². The summed E-state index contributed by atoms with van der Waals surface area (Å²) in [4.78, 5) is 3.93. The normalized spacial score (nSPS) is 15.5. The van der Waals surface area contributed by atoms with Crippen molar-refractivity contribution in [1.29, 1.82) is 0 Å². The number of anilines is 1. The van der Waals surface area contributed by atoms with Gasteiger partial charge in [-0.25, -0.2) is 0 Å². The van der Waals surface area contributed by atoms with E-state index in [0.717, 1.165) is 49.7 Å². The Morgan fingerprint density at radius 2 is 2.04 bits per heavy atom. The number of piperidine rings is 1. The Morgan fingerprint density at radius 3 is 2.69 bits per heavy atom. The number of rotatable bonds is 6. The molecular weight excluding hydrogens is 366 g/mol. The SMILES string of the molecule is COc1ccc(OC)c(NC(=S)NC2CCN(Cc3cccs3)CC2)c1. The Morgan fingerprint density at radius 1 is 1.23 bits per heavy atom. The summed E-state index contributed by atoms with van der Waals surface area (Å²) in [5.74, 6) is 1.50. The monoisotopic (exact) mass is 391 g/mol. The fraction of sp³-hybridized carbons (Fsp3) is 0.421. The summed E-state index contributed by atoms with van der Waals surface area (Å²) in [5.41, 5.74) is 0.805. The first-order valence-electron chi connectivity index (χ1n) is 8.72. The fourth-order valence-electron chi connectivity index (χ4n) is 3.11. The van der Waals surface area contributed by atoms with Gasteiger partial charge < -0.3 is 20.1 Å². The third-order valence-corrected chi connectivity index (χ3v) is 5.62. The van der Waals surface area contributed by atoms with E-state index in [2.05, 4.69) is 33.0 Å². The van der Waals surface area contributed by atoms with Crippen LogP contribution in [0.15, 0.2) is 35.7 Å². The van der Waals surface area contributed by atoms with Crippen molar-refractivity contribution in [3.05, 3.63) is 40.6 Å². The van der Waals surface area contributed by atoms with Crippen LogP contribution in [0.1, 0.15) is 17.7 Å². The molecule has 0 saturated carbocycles. The molecule has 1 aliphatic rings. The van der Waals surface area contributed by atoms with Crippen molar-refractivity contribution in [1.82, 2.24) is 10.2 Å². The summed E-state index contributed by atoms with van der Waals surface area (Å²) in [5, 5.41) is 9.43. The molecule has 7 heteroatoms. The third-order valence-electron chi connectivity index (χ3n) is 4.54. The van der Waals surface area contributed by atoms with Gasteiger partial charge in [-0.15, -0.1) is 11.3 Å². The lowest BCUT2D eigenvalue weighted by Crippen LogP contribution is -2.45. The molecule has 5 nitrogen and oxygen atoms in total. The smallest absolute Gasteiger partial charge is 0.171 e. The fourth-order valence-corrected chi connectivity index (χ4v) is 4.14. The van der Waals surface area contributed by atoms with Crippen LogP contribution in [-0.4, -0.2) is 43.4 Å². The molecule has 1 aromatic carbocycles. The van der Waals surface area contributed by atoms with Gasteiger partial charge in [0.05, 0.1) is 19.9 Å². The number of nitrogens with zero attached hydrogens (tertiary/aromatic N) is 1. The predicted octanol–water partition coefficient (Wildman–Crippen LogP) is 3.72.